The first-order valence-electron chi connectivity index (χ1n) is 16.0. The van der Waals surface area contributed by atoms with Crippen LogP contribution in [0.25, 0.3) is 11.4 Å². The minimum atomic E-state index is -0.297. The zero-order chi connectivity index (χ0) is 31.3. The maximum Gasteiger partial charge on any atom is 0.323 e. The first kappa shape index (κ1) is 31.0. The zero-order valence-corrected chi connectivity index (χ0v) is 26.8. The second-order valence-electron chi connectivity index (χ2n) is 12.4. The van der Waals surface area contributed by atoms with Crippen LogP contribution in [-0.2, 0) is 9.47 Å². The quantitative estimate of drug-likeness (QED) is 0.402. The van der Waals surface area contributed by atoms with E-state index in [1.54, 1.807) is 0 Å². The van der Waals surface area contributed by atoms with E-state index < -0.39 is 0 Å². The highest BCUT2D eigenvalue weighted by Crippen LogP contribution is 2.27. The van der Waals surface area contributed by atoms with Gasteiger partial charge in [-0.1, -0.05) is 0 Å². The van der Waals surface area contributed by atoms with Crippen molar-refractivity contribution in [3.8, 4) is 11.4 Å². The Hall–Kier alpha value is -4.00. The number of benzene rings is 2. The molecular weight excluding hydrogens is 570 g/mol. The van der Waals surface area contributed by atoms with E-state index in [4.69, 9.17) is 24.4 Å². The van der Waals surface area contributed by atoms with E-state index in [2.05, 4.69) is 70.3 Å². The van der Waals surface area contributed by atoms with Crippen LogP contribution in [0.2, 0.25) is 0 Å². The third-order valence-electron chi connectivity index (χ3n) is 8.95. The Morgan fingerprint density at radius 3 is 1.76 bits per heavy atom. The molecule has 2 aromatic carbocycles. The summed E-state index contributed by atoms with van der Waals surface area (Å²) in [7, 11) is 4.31. The predicted octanol–water partition coefficient (Wildman–Crippen LogP) is 4.16. The number of carbonyl (C=O) groups excluding carboxylic acids is 1. The molecule has 3 aliphatic heterocycles. The lowest BCUT2D eigenvalue weighted by Gasteiger charge is -2.36. The third kappa shape index (κ3) is 7.46. The molecule has 3 aliphatic rings. The number of rotatable bonds is 7. The van der Waals surface area contributed by atoms with E-state index in [0.717, 1.165) is 50.3 Å². The molecule has 6 rings (SSSR count). The number of nitrogens with zero attached hydrogens (tertiary/aromatic N) is 7. The van der Waals surface area contributed by atoms with Crippen LogP contribution in [-0.4, -0.2) is 111 Å². The number of carbonyl (C=O) groups is 1. The maximum atomic E-state index is 12.8. The molecule has 4 heterocycles. The summed E-state index contributed by atoms with van der Waals surface area (Å²) in [6.07, 6.45) is 2.31. The molecule has 2 N–H and O–H groups in total. The van der Waals surface area contributed by atoms with Gasteiger partial charge < -0.3 is 39.7 Å². The fourth-order valence-corrected chi connectivity index (χ4v) is 6.18. The van der Waals surface area contributed by atoms with Gasteiger partial charge in [-0.2, -0.15) is 15.0 Å². The van der Waals surface area contributed by atoms with Crippen molar-refractivity contribution in [1.29, 1.82) is 0 Å². The Morgan fingerprint density at radius 2 is 1.27 bits per heavy atom. The molecular formula is C33H45N9O3. The number of anilines is 5. The lowest BCUT2D eigenvalue weighted by atomic mass is 10.0. The minimum absolute atomic E-state index is 0.158. The van der Waals surface area contributed by atoms with E-state index in [0.29, 0.717) is 55.9 Å². The third-order valence-corrected chi connectivity index (χ3v) is 8.95. The van der Waals surface area contributed by atoms with Crippen molar-refractivity contribution >= 4 is 35.0 Å². The van der Waals surface area contributed by atoms with Gasteiger partial charge in [-0.15, -0.1) is 0 Å². The topological polar surface area (TPSA) is 111 Å². The largest absolute Gasteiger partial charge is 0.377 e. The van der Waals surface area contributed by atoms with Crippen molar-refractivity contribution in [1.82, 2.24) is 19.9 Å². The highest BCUT2D eigenvalue weighted by molar-refractivity contribution is 5.99. The fraction of sp³-hybridized carbons (Fsp3) is 0.515. The van der Waals surface area contributed by atoms with Gasteiger partial charge >= 0.3 is 6.03 Å². The van der Waals surface area contributed by atoms with Crippen LogP contribution < -0.4 is 25.3 Å². The van der Waals surface area contributed by atoms with Crippen molar-refractivity contribution in [3.63, 3.8) is 0 Å². The number of aromatic nitrogens is 3. The van der Waals surface area contributed by atoms with Crippen LogP contribution in [0, 0.1) is 0 Å². The van der Waals surface area contributed by atoms with E-state index in [1.165, 1.54) is 5.69 Å². The molecule has 3 saturated heterocycles. The smallest absolute Gasteiger partial charge is 0.323 e. The van der Waals surface area contributed by atoms with Gasteiger partial charge in [0.2, 0.25) is 11.9 Å². The minimum Gasteiger partial charge on any atom is -0.377 e. The highest BCUT2D eigenvalue weighted by atomic mass is 16.5. The summed E-state index contributed by atoms with van der Waals surface area (Å²) < 4.78 is 11.3. The molecule has 240 valence electrons. The maximum absolute atomic E-state index is 12.8. The lowest BCUT2D eigenvalue weighted by Crippen LogP contribution is -2.46. The number of hydrogen-bond acceptors (Lipinski definition) is 10. The van der Waals surface area contributed by atoms with Gasteiger partial charge in [-0.05, 0) is 89.3 Å². The molecule has 3 fully saturated rings. The van der Waals surface area contributed by atoms with Gasteiger partial charge in [-0.25, -0.2) is 4.79 Å². The summed E-state index contributed by atoms with van der Waals surface area (Å²) >= 11 is 0. The monoisotopic (exact) mass is 615 g/mol. The van der Waals surface area contributed by atoms with Gasteiger partial charge in [0.1, 0.15) is 0 Å². The molecule has 45 heavy (non-hydrogen) atoms. The van der Waals surface area contributed by atoms with Gasteiger partial charge in [0.05, 0.1) is 38.5 Å². The Labute approximate surface area is 265 Å². The van der Waals surface area contributed by atoms with E-state index in [1.807, 2.05) is 36.4 Å². The van der Waals surface area contributed by atoms with Crippen LogP contribution in [0.4, 0.5) is 33.8 Å². The predicted molar refractivity (Wildman–Crippen MR) is 179 cm³/mol. The summed E-state index contributed by atoms with van der Waals surface area (Å²) in [5, 5.41) is 5.88. The normalized spacial score (nSPS) is 21.2. The molecule has 2 amide bonds. The molecule has 0 radical (unpaired) electrons. The van der Waals surface area contributed by atoms with Crippen molar-refractivity contribution in [2.75, 3.05) is 92.0 Å². The standard InChI is InChI=1S/C33H45N9O3/c1-23-21-44-19-17-41(23)31-36-30(37-32(38-31)42-18-20-45-22-24(42)2)25-5-7-26(8-6-25)34-33(43)35-27-9-11-29(12-10-27)40-15-13-28(14-16-40)39(3)4/h5-12,23-24,28H,13-22H2,1-4H3,(H2,34,35,43). The number of hydrogen-bond donors (Lipinski definition) is 2. The Bertz CT molecular complexity index is 1390. The number of ether oxygens (including phenoxy) is 2. The van der Waals surface area contributed by atoms with Crippen molar-refractivity contribution in [3.05, 3.63) is 48.5 Å². The number of amides is 2. The second kappa shape index (κ2) is 14.0. The van der Waals surface area contributed by atoms with E-state index in [9.17, 15) is 4.79 Å². The summed E-state index contributed by atoms with van der Waals surface area (Å²) in [5.74, 6) is 1.89. The summed E-state index contributed by atoms with van der Waals surface area (Å²) in [6.45, 7) is 10.3. The Balaban J connectivity index is 1.11. The van der Waals surface area contributed by atoms with Crippen molar-refractivity contribution in [2.24, 2.45) is 0 Å². The Morgan fingerprint density at radius 1 is 0.756 bits per heavy atom. The molecule has 0 saturated carbocycles. The molecule has 3 aromatic rings. The first-order valence-corrected chi connectivity index (χ1v) is 16.0. The summed E-state index contributed by atoms with van der Waals surface area (Å²) in [6, 6.07) is 16.3. The average Bonchev–Trinajstić information content (AvgIpc) is 3.06. The number of nitrogens with one attached hydrogen (secondary N) is 2. The van der Waals surface area contributed by atoms with E-state index >= 15 is 0 Å². The zero-order valence-electron chi connectivity index (χ0n) is 26.8. The number of urea groups is 1. The average molecular weight is 616 g/mol. The highest BCUT2D eigenvalue weighted by Gasteiger charge is 2.27. The SMILES string of the molecule is CC1COCCN1c1nc(-c2ccc(NC(=O)Nc3ccc(N4CCC(N(C)C)CC4)cc3)cc2)nc(N2CCOCC2C)n1. The molecule has 0 bridgehead atoms. The van der Waals surface area contributed by atoms with E-state index in [-0.39, 0.29) is 18.1 Å². The molecule has 0 aliphatic carbocycles. The number of piperidine rings is 1. The summed E-state index contributed by atoms with van der Waals surface area (Å²) in [4.78, 5) is 36.6. The summed E-state index contributed by atoms with van der Waals surface area (Å²) in [5.41, 5.74) is 3.45. The van der Waals surface area contributed by atoms with Gasteiger partial charge in [0, 0.05) is 54.8 Å². The molecule has 12 nitrogen and oxygen atoms in total. The molecule has 1 aromatic heterocycles. The van der Waals surface area contributed by atoms with Crippen LogP contribution in [0.5, 0.6) is 0 Å². The van der Waals surface area contributed by atoms with Crippen LogP contribution in [0.3, 0.4) is 0 Å². The van der Waals surface area contributed by atoms with Crippen molar-refractivity contribution in [2.45, 2.75) is 44.8 Å². The lowest BCUT2D eigenvalue weighted by molar-refractivity contribution is 0.0969. The molecule has 2 unspecified atom stereocenters. The van der Waals surface area contributed by atoms with Gasteiger partial charge in [0.25, 0.3) is 0 Å². The fourth-order valence-electron chi connectivity index (χ4n) is 6.18. The molecule has 2 atom stereocenters. The second-order valence-corrected chi connectivity index (χ2v) is 12.4. The molecule has 12 heteroatoms. The first-order chi connectivity index (χ1) is 21.8. The molecule has 0 spiro atoms. The van der Waals surface area contributed by atoms with Crippen molar-refractivity contribution < 1.29 is 14.3 Å². The van der Waals surface area contributed by atoms with Crippen LogP contribution in [0.1, 0.15) is 26.7 Å². The van der Waals surface area contributed by atoms with Gasteiger partial charge in [0.15, 0.2) is 5.82 Å². The number of morpholine rings is 2. The van der Waals surface area contributed by atoms with Gasteiger partial charge in [-0.3, -0.25) is 0 Å². The Kier molecular flexibility index (Phi) is 9.62. The van der Waals surface area contributed by atoms with Crippen LogP contribution in [0.15, 0.2) is 48.5 Å². The van der Waals surface area contributed by atoms with Crippen LogP contribution >= 0.6 is 0 Å².